The predicted molar refractivity (Wildman–Crippen MR) is 131 cm³/mol. The van der Waals surface area contributed by atoms with Crippen LogP contribution in [0.5, 0.6) is 0 Å². The van der Waals surface area contributed by atoms with Crippen molar-refractivity contribution in [1.82, 2.24) is 24.9 Å². The van der Waals surface area contributed by atoms with Gasteiger partial charge in [-0.25, -0.2) is 21.9 Å². The minimum atomic E-state index is -3.89. The van der Waals surface area contributed by atoms with Crippen LogP contribution in [0.4, 0.5) is 20.2 Å². The Morgan fingerprint density at radius 2 is 1.92 bits per heavy atom. The van der Waals surface area contributed by atoms with Gasteiger partial charge in [-0.05, 0) is 31.0 Å². The molecule has 0 radical (unpaired) electrons. The number of rotatable bonds is 9. The Morgan fingerprint density at radius 3 is 2.64 bits per heavy atom. The second kappa shape index (κ2) is 10.1. The number of piperazine rings is 1. The number of ether oxygens (including phenoxy) is 1. The van der Waals surface area contributed by atoms with Crippen molar-refractivity contribution in [1.29, 1.82) is 0 Å². The fraction of sp³-hybridized carbons (Fsp3) is 0.435. The summed E-state index contributed by atoms with van der Waals surface area (Å²) in [5, 5.41) is 7.97. The van der Waals surface area contributed by atoms with E-state index in [2.05, 4.69) is 29.8 Å². The number of nitrogens with one attached hydrogen (secondary N) is 1. The highest BCUT2D eigenvalue weighted by Gasteiger charge is 2.31. The average Bonchev–Trinajstić information content (AvgIpc) is 3.62. The van der Waals surface area contributed by atoms with Gasteiger partial charge >= 0.3 is 0 Å². The first kappa shape index (κ1) is 24.5. The number of methoxy groups -OCH3 is 1. The van der Waals surface area contributed by atoms with E-state index in [4.69, 9.17) is 4.74 Å². The molecule has 5 rings (SSSR count). The van der Waals surface area contributed by atoms with Crippen LogP contribution in [0.1, 0.15) is 12.8 Å². The molecule has 1 aliphatic heterocycles. The van der Waals surface area contributed by atoms with E-state index in [1.165, 1.54) is 26.1 Å². The van der Waals surface area contributed by atoms with Crippen LogP contribution < -0.4 is 9.62 Å². The molecule has 2 aliphatic rings. The fourth-order valence-corrected chi connectivity index (χ4v) is 5.25. The van der Waals surface area contributed by atoms with Gasteiger partial charge in [0, 0.05) is 51.1 Å². The zero-order valence-electron chi connectivity index (χ0n) is 19.8. The molecule has 1 saturated heterocycles. The average molecular weight is 520 g/mol. The van der Waals surface area contributed by atoms with Crippen molar-refractivity contribution in [2.75, 3.05) is 55.3 Å². The second-order valence-corrected chi connectivity index (χ2v) is 10.7. The lowest BCUT2D eigenvalue weighted by atomic mass is 10.2. The number of aromatic nitrogens is 4. The molecule has 192 valence electrons. The fourth-order valence-electron chi connectivity index (χ4n) is 4.27. The number of nitrogens with zero attached hydrogens (tertiary/aromatic N) is 6. The van der Waals surface area contributed by atoms with E-state index in [0.717, 1.165) is 54.7 Å². The largest absolute Gasteiger partial charge is 0.384 e. The van der Waals surface area contributed by atoms with Crippen LogP contribution in [0.25, 0.3) is 16.9 Å². The van der Waals surface area contributed by atoms with Crippen LogP contribution in [-0.4, -0.2) is 85.0 Å². The SMILES string of the molecule is COCCS(=O)(=O)Nc1ccc(F)c(-n2cc(-c3cncc(N4CCN(C5CC5)CC4)c3)nn2)c1F. The topological polar surface area (TPSA) is 105 Å². The Balaban J connectivity index is 1.36. The maximum absolute atomic E-state index is 15.2. The molecule has 1 saturated carbocycles. The zero-order valence-corrected chi connectivity index (χ0v) is 20.6. The van der Waals surface area contributed by atoms with Gasteiger partial charge in [0.1, 0.15) is 11.4 Å². The third-order valence-corrected chi connectivity index (χ3v) is 7.61. The summed E-state index contributed by atoms with van der Waals surface area (Å²) in [7, 11) is -2.53. The quantitative estimate of drug-likeness (QED) is 0.459. The van der Waals surface area contributed by atoms with E-state index in [9.17, 15) is 12.8 Å². The molecular weight excluding hydrogens is 492 g/mol. The number of hydrogen-bond acceptors (Lipinski definition) is 8. The Bertz CT molecular complexity index is 1340. The molecule has 36 heavy (non-hydrogen) atoms. The molecule has 2 fully saturated rings. The van der Waals surface area contributed by atoms with Crippen LogP contribution in [0.15, 0.2) is 36.8 Å². The molecule has 0 atom stereocenters. The Labute approximate surface area is 207 Å². The van der Waals surface area contributed by atoms with E-state index in [1.807, 2.05) is 6.07 Å². The molecule has 1 aliphatic carbocycles. The smallest absolute Gasteiger partial charge is 0.235 e. The summed E-state index contributed by atoms with van der Waals surface area (Å²) < 4.78 is 61.9. The molecule has 0 spiro atoms. The molecular formula is C23H27F2N7O3S. The molecule has 13 heteroatoms. The summed E-state index contributed by atoms with van der Waals surface area (Å²) in [6.45, 7) is 3.75. The van der Waals surface area contributed by atoms with Crippen molar-refractivity contribution in [3.8, 4) is 16.9 Å². The highest BCUT2D eigenvalue weighted by Crippen LogP contribution is 2.30. The first-order chi connectivity index (χ1) is 17.3. The Kier molecular flexibility index (Phi) is 6.86. The maximum Gasteiger partial charge on any atom is 0.235 e. The summed E-state index contributed by atoms with van der Waals surface area (Å²) in [5.41, 5.74) is 1.04. The molecule has 0 unspecified atom stereocenters. The van der Waals surface area contributed by atoms with E-state index in [1.54, 1.807) is 12.4 Å². The minimum Gasteiger partial charge on any atom is -0.384 e. The molecule has 3 aromatic rings. The molecule has 10 nitrogen and oxygen atoms in total. The van der Waals surface area contributed by atoms with Crippen LogP contribution in [0.2, 0.25) is 0 Å². The molecule has 1 N–H and O–H groups in total. The Hall–Kier alpha value is -3.16. The van der Waals surface area contributed by atoms with E-state index in [0.29, 0.717) is 11.3 Å². The van der Waals surface area contributed by atoms with E-state index in [-0.39, 0.29) is 12.4 Å². The monoisotopic (exact) mass is 519 g/mol. The predicted octanol–water partition coefficient (Wildman–Crippen LogP) is 2.28. The second-order valence-electron chi connectivity index (χ2n) is 8.91. The van der Waals surface area contributed by atoms with Crippen molar-refractivity contribution in [2.24, 2.45) is 0 Å². The Morgan fingerprint density at radius 1 is 1.14 bits per heavy atom. The van der Waals surface area contributed by atoms with Crippen molar-refractivity contribution in [3.05, 3.63) is 48.4 Å². The summed E-state index contributed by atoms with van der Waals surface area (Å²) in [6.07, 6.45) is 7.37. The summed E-state index contributed by atoms with van der Waals surface area (Å²) >= 11 is 0. The zero-order chi connectivity index (χ0) is 25.3. The third-order valence-electron chi connectivity index (χ3n) is 6.37. The third kappa shape index (κ3) is 5.32. The number of hydrogen-bond donors (Lipinski definition) is 1. The number of anilines is 2. The number of benzene rings is 1. The van der Waals surface area contributed by atoms with Crippen LogP contribution >= 0.6 is 0 Å². The molecule has 0 bridgehead atoms. The molecule has 2 aromatic heterocycles. The standard InChI is InChI=1S/C23H27F2N7O3S/c1-35-10-11-36(33,34)28-20-5-4-19(24)23(22(20)25)32-15-21(27-29-32)16-12-18(14-26-13-16)31-8-6-30(7-9-31)17-2-3-17/h4-5,12-15,17,28H,2-3,6-11H2,1H3. The first-order valence-electron chi connectivity index (χ1n) is 11.7. The molecule has 1 aromatic carbocycles. The van der Waals surface area contributed by atoms with Crippen molar-refractivity contribution >= 4 is 21.4 Å². The van der Waals surface area contributed by atoms with Gasteiger partial charge in [0.05, 0.1) is 36.1 Å². The molecule has 0 amide bonds. The first-order valence-corrected chi connectivity index (χ1v) is 13.3. The van der Waals surface area contributed by atoms with Gasteiger partial charge in [0.25, 0.3) is 0 Å². The van der Waals surface area contributed by atoms with Crippen molar-refractivity contribution in [3.63, 3.8) is 0 Å². The van der Waals surface area contributed by atoms with E-state index >= 15 is 4.39 Å². The lowest BCUT2D eigenvalue weighted by molar-refractivity contribution is 0.217. The minimum absolute atomic E-state index is 0.0687. The van der Waals surface area contributed by atoms with Crippen LogP contribution in [0, 0.1) is 11.6 Å². The highest BCUT2D eigenvalue weighted by atomic mass is 32.2. The van der Waals surface area contributed by atoms with Crippen LogP contribution in [0.3, 0.4) is 0 Å². The lowest BCUT2D eigenvalue weighted by Gasteiger charge is -2.36. The summed E-state index contributed by atoms with van der Waals surface area (Å²) in [4.78, 5) is 9.12. The normalized spacial score (nSPS) is 16.9. The van der Waals surface area contributed by atoms with Gasteiger partial charge in [-0.1, -0.05) is 5.21 Å². The summed E-state index contributed by atoms with van der Waals surface area (Å²) in [5.74, 6) is -2.39. The number of pyridine rings is 1. The van der Waals surface area contributed by atoms with Crippen molar-refractivity contribution < 1.29 is 21.9 Å². The molecule has 3 heterocycles. The van der Waals surface area contributed by atoms with Gasteiger partial charge < -0.3 is 9.64 Å². The van der Waals surface area contributed by atoms with Gasteiger partial charge in [-0.2, -0.15) is 0 Å². The lowest BCUT2D eigenvalue weighted by Crippen LogP contribution is -2.47. The van der Waals surface area contributed by atoms with Gasteiger partial charge in [-0.3, -0.25) is 14.6 Å². The van der Waals surface area contributed by atoms with Crippen molar-refractivity contribution in [2.45, 2.75) is 18.9 Å². The summed E-state index contributed by atoms with van der Waals surface area (Å²) in [6, 6.07) is 4.66. The highest BCUT2D eigenvalue weighted by molar-refractivity contribution is 7.92. The number of sulfonamides is 1. The maximum atomic E-state index is 15.2. The van der Waals surface area contributed by atoms with Gasteiger partial charge in [0.15, 0.2) is 11.6 Å². The van der Waals surface area contributed by atoms with E-state index < -0.39 is 33.0 Å². The van der Waals surface area contributed by atoms with Crippen LogP contribution in [-0.2, 0) is 14.8 Å². The van der Waals surface area contributed by atoms with Gasteiger partial charge in [-0.15, -0.1) is 5.10 Å². The number of halogens is 2. The van der Waals surface area contributed by atoms with Gasteiger partial charge in [0.2, 0.25) is 10.0 Å².